The Morgan fingerprint density at radius 2 is 2.21 bits per heavy atom. The van der Waals surface area contributed by atoms with E-state index in [9.17, 15) is 4.79 Å². The van der Waals surface area contributed by atoms with E-state index in [-0.39, 0.29) is 11.7 Å². The van der Waals surface area contributed by atoms with Gasteiger partial charge in [-0.25, -0.2) is 0 Å². The lowest BCUT2D eigenvalue weighted by Crippen LogP contribution is -2.11. The summed E-state index contributed by atoms with van der Waals surface area (Å²) in [6, 6.07) is 6.06. The van der Waals surface area contributed by atoms with Gasteiger partial charge in [0.1, 0.15) is 5.75 Å². The molecule has 0 saturated carbocycles. The van der Waals surface area contributed by atoms with Crippen LogP contribution in [-0.4, -0.2) is 12.4 Å². The van der Waals surface area contributed by atoms with Gasteiger partial charge >= 0.3 is 0 Å². The molecule has 0 aliphatic heterocycles. The van der Waals surface area contributed by atoms with Crippen molar-refractivity contribution in [3.63, 3.8) is 0 Å². The zero-order valence-corrected chi connectivity index (χ0v) is 11.9. The second-order valence-electron chi connectivity index (χ2n) is 5.09. The maximum Gasteiger partial charge on any atom is 0.165 e. The number of rotatable bonds is 6. The van der Waals surface area contributed by atoms with Gasteiger partial charge in [0.05, 0.1) is 6.61 Å². The van der Waals surface area contributed by atoms with Crippen molar-refractivity contribution in [3.8, 4) is 5.75 Å². The Morgan fingerprint density at radius 1 is 1.42 bits per heavy atom. The molecule has 1 aromatic rings. The molecule has 0 radical (unpaired) electrons. The first-order valence-corrected chi connectivity index (χ1v) is 7.15. The largest absolute Gasteiger partial charge is 0.493 e. The number of carbonyl (C=O) groups is 1. The summed E-state index contributed by atoms with van der Waals surface area (Å²) in [5, 5.41) is 0. The van der Waals surface area contributed by atoms with Crippen molar-refractivity contribution in [2.24, 2.45) is 0 Å². The molecule has 1 aliphatic rings. The average Bonchev–Trinajstić information content (AvgIpc) is 2.87. The Hall–Kier alpha value is -1.57. The fraction of sp³-hybridized carbons (Fsp3) is 0.471. The third kappa shape index (κ3) is 2.73. The summed E-state index contributed by atoms with van der Waals surface area (Å²) in [5.41, 5.74) is 3.10. The van der Waals surface area contributed by atoms with Crippen molar-refractivity contribution in [1.82, 2.24) is 0 Å². The van der Waals surface area contributed by atoms with Gasteiger partial charge in [-0.15, -0.1) is 0 Å². The van der Waals surface area contributed by atoms with E-state index in [2.05, 4.69) is 19.6 Å². The minimum Gasteiger partial charge on any atom is -0.493 e. The van der Waals surface area contributed by atoms with Gasteiger partial charge in [0.2, 0.25) is 0 Å². The van der Waals surface area contributed by atoms with E-state index in [0.29, 0.717) is 0 Å². The SMILES string of the molecule is C=C(CC)C(=O)C1CCc2c(OCCC)cccc21. The minimum absolute atomic E-state index is 0.00683. The van der Waals surface area contributed by atoms with Gasteiger partial charge in [0, 0.05) is 5.92 Å². The number of hydrogen-bond donors (Lipinski definition) is 0. The van der Waals surface area contributed by atoms with Gasteiger partial charge in [-0.2, -0.15) is 0 Å². The smallest absolute Gasteiger partial charge is 0.165 e. The average molecular weight is 258 g/mol. The first kappa shape index (κ1) is 13.9. The summed E-state index contributed by atoms with van der Waals surface area (Å²) in [5.74, 6) is 1.15. The van der Waals surface area contributed by atoms with Crippen LogP contribution in [0.25, 0.3) is 0 Å². The van der Waals surface area contributed by atoms with Crippen molar-refractivity contribution < 1.29 is 9.53 Å². The molecule has 0 saturated heterocycles. The van der Waals surface area contributed by atoms with Crippen LogP contribution in [0.4, 0.5) is 0 Å². The van der Waals surface area contributed by atoms with Crippen molar-refractivity contribution in [1.29, 1.82) is 0 Å². The molecule has 102 valence electrons. The van der Waals surface area contributed by atoms with Gasteiger partial charge in [0.15, 0.2) is 5.78 Å². The van der Waals surface area contributed by atoms with Gasteiger partial charge in [-0.3, -0.25) is 4.79 Å². The number of ether oxygens (including phenoxy) is 1. The van der Waals surface area contributed by atoms with Gasteiger partial charge < -0.3 is 4.74 Å². The summed E-state index contributed by atoms with van der Waals surface area (Å²) < 4.78 is 5.78. The van der Waals surface area contributed by atoms with Crippen LogP contribution < -0.4 is 4.74 Å². The van der Waals surface area contributed by atoms with E-state index in [1.54, 1.807) is 0 Å². The first-order chi connectivity index (χ1) is 9.19. The van der Waals surface area contributed by atoms with E-state index >= 15 is 0 Å². The highest BCUT2D eigenvalue weighted by Crippen LogP contribution is 2.40. The van der Waals surface area contributed by atoms with E-state index in [1.165, 1.54) is 5.56 Å². The van der Waals surface area contributed by atoms with Crippen LogP contribution in [0.5, 0.6) is 5.75 Å². The van der Waals surface area contributed by atoms with Crippen molar-refractivity contribution in [2.45, 2.75) is 45.4 Å². The molecule has 2 rings (SSSR count). The standard InChI is InChI=1S/C17H22O2/c1-4-11-19-16-8-6-7-13-14(16)9-10-15(13)17(18)12(3)5-2/h6-8,15H,3-5,9-11H2,1-2H3. The number of carbonyl (C=O) groups excluding carboxylic acids is 1. The molecule has 0 amide bonds. The van der Waals surface area contributed by atoms with E-state index in [4.69, 9.17) is 4.74 Å². The fourth-order valence-electron chi connectivity index (χ4n) is 2.66. The molecule has 0 spiro atoms. The number of Topliss-reactive ketones (excluding diaryl/α,β-unsaturated/α-hetero) is 1. The summed E-state index contributed by atoms with van der Waals surface area (Å²) in [7, 11) is 0. The van der Waals surface area contributed by atoms with Crippen LogP contribution >= 0.6 is 0 Å². The van der Waals surface area contributed by atoms with Gasteiger partial charge in [0.25, 0.3) is 0 Å². The highest BCUT2D eigenvalue weighted by molar-refractivity contribution is 6.00. The van der Waals surface area contributed by atoms with Crippen molar-refractivity contribution >= 4 is 5.78 Å². The lowest BCUT2D eigenvalue weighted by Gasteiger charge is -2.13. The van der Waals surface area contributed by atoms with Crippen LogP contribution in [0.15, 0.2) is 30.4 Å². The number of ketones is 1. The number of fused-ring (bicyclic) bond motifs is 1. The number of benzene rings is 1. The lowest BCUT2D eigenvalue weighted by atomic mass is 9.91. The Kier molecular flexibility index (Phi) is 4.41. The van der Waals surface area contributed by atoms with E-state index < -0.39 is 0 Å². The van der Waals surface area contributed by atoms with Gasteiger partial charge in [-0.05, 0) is 48.4 Å². The predicted molar refractivity (Wildman–Crippen MR) is 77.7 cm³/mol. The van der Waals surface area contributed by atoms with E-state index in [1.807, 2.05) is 19.1 Å². The zero-order chi connectivity index (χ0) is 13.8. The summed E-state index contributed by atoms with van der Waals surface area (Å²) in [6.45, 7) is 8.70. The summed E-state index contributed by atoms with van der Waals surface area (Å²) in [4.78, 5) is 12.3. The molecule has 0 bridgehead atoms. The molecule has 1 aromatic carbocycles. The molecule has 0 heterocycles. The number of hydrogen-bond acceptors (Lipinski definition) is 2. The van der Waals surface area contributed by atoms with Crippen LogP contribution in [-0.2, 0) is 11.2 Å². The van der Waals surface area contributed by atoms with Gasteiger partial charge in [-0.1, -0.05) is 32.6 Å². The Balaban J connectivity index is 2.25. The molecular weight excluding hydrogens is 236 g/mol. The monoisotopic (exact) mass is 258 g/mol. The molecule has 2 nitrogen and oxygen atoms in total. The maximum atomic E-state index is 12.3. The third-order valence-electron chi connectivity index (χ3n) is 3.78. The van der Waals surface area contributed by atoms with Crippen molar-refractivity contribution in [3.05, 3.63) is 41.5 Å². The van der Waals surface area contributed by atoms with Crippen LogP contribution in [0.1, 0.15) is 50.2 Å². The molecular formula is C17H22O2. The molecule has 2 heteroatoms. The summed E-state index contributed by atoms with van der Waals surface area (Å²) >= 11 is 0. The molecule has 1 aliphatic carbocycles. The predicted octanol–water partition coefficient (Wildman–Crippen LogP) is 4.04. The highest BCUT2D eigenvalue weighted by Gasteiger charge is 2.31. The topological polar surface area (TPSA) is 26.3 Å². The minimum atomic E-state index is -0.00683. The van der Waals surface area contributed by atoms with Crippen LogP contribution in [0, 0.1) is 0 Å². The fourth-order valence-corrected chi connectivity index (χ4v) is 2.66. The van der Waals surface area contributed by atoms with E-state index in [0.717, 1.165) is 49.2 Å². The molecule has 0 N–H and O–H groups in total. The highest BCUT2D eigenvalue weighted by atomic mass is 16.5. The Bertz CT molecular complexity index is 488. The Morgan fingerprint density at radius 3 is 2.89 bits per heavy atom. The third-order valence-corrected chi connectivity index (χ3v) is 3.78. The Labute approximate surface area is 115 Å². The summed E-state index contributed by atoms with van der Waals surface area (Å²) in [6.07, 6.45) is 3.55. The van der Waals surface area contributed by atoms with Crippen molar-refractivity contribution in [2.75, 3.05) is 6.61 Å². The molecule has 1 unspecified atom stereocenters. The second-order valence-corrected chi connectivity index (χ2v) is 5.09. The molecule has 1 atom stereocenters. The molecule has 0 aromatic heterocycles. The zero-order valence-electron chi connectivity index (χ0n) is 11.9. The number of allylic oxidation sites excluding steroid dienone is 1. The lowest BCUT2D eigenvalue weighted by molar-refractivity contribution is -0.117. The molecule has 0 fully saturated rings. The quantitative estimate of drug-likeness (QED) is 0.720. The van der Waals surface area contributed by atoms with Crippen LogP contribution in [0.2, 0.25) is 0 Å². The maximum absolute atomic E-state index is 12.3. The normalized spacial score (nSPS) is 17.1. The van der Waals surface area contributed by atoms with Crippen LogP contribution in [0.3, 0.4) is 0 Å². The second kappa shape index (κ2) is 6.05. The molecule has 19 heavy (non-hydrogen) atoms. The first-order valence-electron chi connectivity index (χ1n) is 7.15.